The van der Waals surface area contributed by atoms with Crippen LogP contribution < -0.4 is 31.9 Å². The summed E-state index contributed by atoms with van der Waals surface area (Å²) >= 11 is 4.74. The van der Waals surface area contributed by atoms with Gasteiger partial charge < -0.3 is 90.4 Å². The molecular weight excluding hydrogens is 1410 g/mol. The summed E-state index contributed by atoms with van der Waals surface area (Å²) in [6.07, 6.45) is -7.27. The molecule has 0 saturated carbocycles. The number of H-pyrrole nitrogens is 1. The molecule has 1 aromatic carbocycles. The van der Waals surface area contributed by atoms with Crippen molar-refractivity contribution in [2.45, 2.75) is 108 Å². The highest BCUT2D eigenvalue weighted by Crippen LogP contribution is 2.43. The standard InChI is InChI=1S/C64H69N15O17S5/c1-26(80)43-56(87)76-44(27(2)91-9)59-72-38(25-99-59)55(86)77-48-49-50(96-41-16-64(4,90)51(79(7)8)28(3)95-41)63(89)93-18-29-11-10-12-32-42(29)31(19-92-49)46(67-32)62(88)94-20-33(68-53(84)36-24-101-61(48)73-36)58-69-34(21-98-58)45-30(57-70-37(23-97-57)54(85)75-43)15-39(81)47(74-45)60-71-35(22-100-60)52(83)66-14-13-65-40(82)17-78(5)6/h10-12,15,21-26,28,33,41,43,48-51,67,80-81,90H,13-14,16-20H2,1-9H3,(H,65,82)(H,66,83)(H,68,84)(H,75,85)(H,76,87)(H,77,86)/b44-27+. The molecule has 0 aliphatic carbocycles. The van der Waals surface area contributed by atoms with Gasteiger partial charge in [0.15, 0.2) is 12.4 Å². The van der Waals surface area contributed by atoms with Crippen LogP contribution in [0.5, 0.6) is 5.75 Å². The first kappa shape index (κ1) is 71.7. The molecule has 32 nitrogen and oxygen atoms in total. The smallest absolute Gasteiger partial charge is 0.355 e. The van der Waals surface area contributed by atoms with Crippen molar-refractivity contribution in [3.05, 3.63) is 112 Å². The highest BCUT2D eigenvalue weighted by molar-refractivity contribution is 7.14. The summed E-state index contributed by atoms with van der Waals surface area (Å²) in [6, 6.07) is 1.35. The Hall–Kier alpha value is -9.12. The lowest BCUT2D eigenvalue weighted by molar-refractivity contribution is -0.280. The first-order valence-corrected chi connectivity index (χ1v) is 35.8. The Balaban J connectivity index is 1.00. The summed E-state index contributed by atoms with van der Waals surface area (Å²) in [5.74, 6) is -6.70. The van der Waals surface area contributed by atoms with Gasteiger partial charge in [0, 0.05) is 68.4 Å². The number of aromatic nitrogens is 7. The molecule has 0 radical (unpaired) electrons. The van der Waals surface area contributed by atoms with E-state index in [-0.39, 0.29) is 132 Å². The quantitative estimate of drug-likeness (QED) is 0.0471. The Morgan fingerprint density at radius 3 is 2.21 bits per heavy atom. The number of methoxy groups -OCH3 is 1. The molecule has 37 heteroatoms. The number of esters is 2. The maximum Gasteiger partial charge on any atom is 0.355 e. The number of hydrogen-bond acceptors (Lipinski definition) is 30. The fraction of sp³-hybridized carbons (Fsp3) is 0.406. The van der Waals surface area contributed by atoms with Crippen LogP contribution in [-0.2, 0) is 56.0 Å². The van der Waals surface area contributed by atoms with Gasteiger partial charge in [-0.25, -0.2) is 39.5 Å². The van der Waals surface area contributed by atoms with Crippen molar-refractivity contribution >= 4 is 121 Å². The van der Waals surface area contributed by atoms with Crippen LogP contribution in [0.25, 0.3) is 49.3 Å². The third kappa shape index (κ3) is 15.3. The van der Waals surface area contributed by atoms with Crippen molar-refractivity contribution < 1.29 is 82.1 Å². The van der Waals surface area contributed by atoms with Gasteiger partial charge >= 0.3 is 11.9 Å². The van der Waals surface area contributed by atoms with Crippen LogP contribution in [0, 0.1) is 0 Å². The van der Waals surface area contributed by atoms with Crippen LogP contribution in [0.15, 0.2) is 56.9 Å². The molecule has 4 aliphatic rings. The molecule has 6 amide bonds. The molecule has 10 unspecified atom stereocenters. The maximum atomic E-state index is 15.2. The predicted octanol–water partition coefficient (Wildman–Crippen LogP) is 3.86. The minimum Gasteiger partial charge on any atom is -0.506 e. The number of carbonyl (C=O) groups is 8. The molecule has 10 N–H and O–H groups in total. The van der Waals surface area contributed by atoms with E-state index in [1.54, 1.807) is 70.5 Å². The third-order valence-corrected chi connectivity index (χ3v) is 21.3. The minimum absolute atomic E-state index is 0.00993. The molecule has 4 aliphatic heterocycles. The van der Waals surface area contributed by atoms with Crippen LogP contribution in [0.1, 0.15) is 125 Å². The zero-order valence-electron chi connectivity index (χ0n) is 55.5. The number of hydrogen-bond donors (Lipinski definition) is 10. The topological polar surface area (TPSA) is 424 Å². The predicted molar refractivity (Wildman–Crippen MR) is 367 cm³/mol. The zero-order chi connectivity index (χ0) is 71.9. The molecule has 1 fully saturated rings. The maximum absolute atomic E-state index is 15.2. The van der Waals surface area contributed by atoms with Crippen molar-refractivity contribution in [2.75, 3.05) is 61.5 Å². The van der Waals surface area contributed by atoms with Gasteiger partial charge in [0.2, 0.25) is 11.8 Å². The van der Waals surface area contributed by atoms with Crippen molar-refractivity contribution in [3.8, 4) is 38.4 Å². The van der Waals surface area contributed by atoms with E-state index in [1.165, 1.54) is 48.5 Å². The molecule has 10 atom stereocenters. The number of aromatic amines is 1. The molecule has 101 heavy (non-hydrogen) atoms. The van der Waals surface area contributed by atoms with E-state index in [9.17, 15) is 44.1 Å². The normalized spacial score (nSPS) is 23.7. The number of fused-ring (bicyclic) bond motifs is 15. The van der Waals surface area contributed by atoms with E-state index in [0.717, 1.165) is 56.7 Å². The number of rotatable bonds is 12. The second-order valence-corrected chi connectivity index (χ2v) is 29.1. The number of carbonyl (C=O) groups excluding carboxylic acids is 8. The summed E-state index contributed by atoms with van der Waals surface area (Å²) < 4.78 is 37.9. The molecule has 12 bridgehead atoms. The van der Waals surface area contributed by atoms with Crippen LogP contribution in [0.3, 0.4) is 0 Å². The summed E-state index contributed by atoms with van der Waals surface area (Å²) in [5.41, 5.74) is -1.13. The highest BCUT2D eigenvalue weighted by atomic mass is 32.1. The molecule has 532 valence electrons. The molecule has 1 saturated heterocycles. The summed E-state index contributed by atoms with van der Waals surface area (Å²) in [5, 5.41) is 59.6. The van der Waals surface area contributed by atoms with Gasteiger partial charge in [-0.1, -0.05) is 12.1 Å². The number of ether oxygens (including phenoxy) is 6. The van der Waals surface area contributed by atoms with Gasteiger partial charge in [0.1, 0.15) is 125 Å². The molecule has 12 rings (SSSR count). The van der Waals surface area contributed by atoms with Gasteiger partial charge in [-0.2, -0.15) is 0 Å². The number of pyridine rings is 1. The first-order valence-electron chi connectivity index (χ1n) is 31.4. The number of cyclic esters (lactones) is 2. The lowest BCUT2D eigenvalue weighted by atomic mass is 9.85. The number of aliphatic hydroxyl groups excluding tert-OH is 1. The molecule has 8 aromatic rings. The van der Waals surface area contributed by atoms with Gasteiger partial charge in [-0.05, 0) is 73.6 Å². The molecule has 0 spiro atoms. The Morgan fingerprint density at radius 2 is 1.48 bits per heavy atom. The number of benzene rings is 1. The van der Waals surface area contributed by atoms with Crippen LogP contribution in [0.4, 0.5) is 0 Å². The van der Waals surface area contributed by atoms with E-state index >= 15 is 9.59 Å². The van der Waals surface area contributed by atoms with Crippen molar-refractivity contribution in [1.82, 2.24) is 76.6 Å². The summed E-state index contributed by atoms with van der Waals surface area (Å²) in [6.45, 7) is 5.07. The van der Waals surface area contributed by atoms with Crippen LogP contribution in [0.2, 0.25) is 0 Å². The third-order valence-electron chi connectivity index (χ3n) is 16.8. The molecule has 7 aromatic heterocycles. The Labute approximate surface area is 595 Å². The van der Waals surface area contributed by atoms with Crippen LogP contribution in [-0.4, -0.2) is 217 Å². The van der Waals surface area contributed by atoms with Gasteiger partial charge in [0.05, 0.1) is 44.1 Å². The number of aromatic hydroxyl groups is 1. The number of likely N-dealkylation sites (N-methyl/N-ethyl adjacent to an activating group) is 2. The van der Waals surface area contributed by atoms with E-state index in [0.29, 0.717) is 16.5 Å². The lowest BCUT2D eigenvalue weighted by Gasteiger charge is -2.48. The number of allylic oxidation sites excluding steroid dienone is 1. The van der Waals surface area contributed by atoms with E-state index in [2.05, 4.69) is 51.8 Å². The van der Waals surface area contributed by atoms with Gasteiger partial charge in [0.25, 0.3) is 23.6 Å². The molecule has 11 heterocycles. The number of thiazole rings is 5. The largest absolute Gasteiger partial charge is 0.506 e. The Bertz CT molecular complexity index is 4570. The van der Waals surface area contributed by atoms with E-state index in [1.807, 2.05) is 4.90 Å². The monoisotopic (exact) mass is 1480 g/mol. The zero-order valence-corrected chi connectivity index (χ0v) is 59.6. The van der Waals surface area contributed by atoms with E-state index < -0.39 is 121 Å². The van der Waals surface area contributed by atoms with E-state index in [4.69, 9.17) is 43.4 Å². The SMILES string of the molecule is CO/C(C)=C1/NC(=O)C(C(C)O)NC(=O)c2csc(n2)-c2cc(O)c(-c3nc(C(=O)NCCNC(=O)CN(C)C)cs3)nc2-c2csc(n2)C2COC(=O)c3[nH]c4cccc5c4c3COC(C(OC3CC(C)(O)C(N(C)C)C(C)O3)C(=O)OC5)C(NC(=O)c3csc1n3)c1nc(cs1)C(=O)N2. The number of amides is 6. The fourth-order valence-electron chi connectivity index (χ4n) is 12.2. The Kier molecular flexibility index (Phi) is 21.2. The highest BCUT2D eigenvalue weighted by Gasteiger charge is 2.50. The lowest BCUT2D eigenvalue weighted by Crippen LogP contribution is -2.62. The Morgan fingerprint density at radius 1 is 0.802 bits per heavy atom. The second kappa shape index (κ2) is 29.8. The first-order chi connectivity index (χ1) is 48.2. The minimum atomic E-state index is -1.85. The van der Waals surface area contributed by atoms with Crippen molar-refractivity contribution in [3.63, 3.8) is 0 Å². The number of nitrogens with zero attached hydrogens (tertiary/aromatic N) is 8. The van der Waals surface area contributed by atoms with Crippen molar-refractivity contribution in [2.24, 2.45) is 0 Å². The average molecular weight is 1480 g/mol. The summed E-state index contributed by atoms with van der Waals surface area (Å²) in [7, 11) is 8.39. The summed E-state index contributed by atoms with van der Waals surface area (Å²) in [4.78, 5) is 150. The molecular formula is C64H69N15O17S5. The average Bonchev–Trinajstić information content (AvgIpc) is 1.68. The number of nitrogens with one attached hydrogen (secondary N) is 7. The van der Waals surface area contributed by atoms with Crippen molar-refractivity contribution in [1.29, 1.82) is 0 Å². The van der Waals surface area contributed by atoms with Gasteiger partial charge in [-0.3, -0.25) is 28.8 Å². The second-order valence-electron chi connectivity index (χ2n) is 24.7. The van der Waals surface area contributed by atoms with Crippen LogP contribution >= 0.6 is 56.7 Å². The number of aliphatic hydroxyl groups is 2. The van der Waals surface area contributed by atoms with Gasteiger partial charge in [-0.15, -0.1) is 56.7 Å². The fourth-order valence-corrected chi connectivity index (χ4v) is 16.4.